The number of nitrogens with one attached hydrogen (secondary N) is 1. The van der Waals surface area contributed by atoms with Gasteiger partial charge < -0.3 is 10.1 Å². The number of pyridine rings is 1. The summed E-state index contributed by atoms with van der Waals surface area (Å²) in [6, 6.07) is 3.75. The Labute approximate surface area is 116 Å². The number of carbonyl (C=O) groups is 1. The highest BCUT2D eigenvalue weighted by molar-refractivity contribution is 9.10. The van der Waals surface area contributed by atoms with Crippen molar-refractivity contribution in [1.82, 2.24) is 10.3 Å². The number of unbranched alkanes of at least 4 members (excludes halogenated alkanes) is 2. The van der Waals surface area contributed by atoms with Gasteiger partial charge in [0.2, 0.25) is 5.91 Å². The van der Waals surface area contributed by atoms with Gasteiger partial charge in [0.25, 0.3) is 0 Å². The van der Waals surface area contributed by atoms with E-state index in [-0.39, 0.29) is 12.5 Å². The molecule has 4 nitrogen and oxygen atoms in total. The second kappa shape index (κ2) is 9.05. The topological polar surface area (TPSA) is 51.2 Å². The summed E-state index contributed by atoms with van der Waals surface area (Å²) in [5, 5.41) is 2.80. The van der Waals surface area contributed by atoms with Crippen molar-refractivity contribution in [2.24, 2.45) is 0 Å². The van der Waals surface area contributed by atoms with Gasteiger partial charge in [-0.25, -0.2) is 4.98 Å². The highest BCUT2D eigenvalue weighted by Gasteiger charge is 2.01. The summed E-state index contributed by atoms with van der Waals surface area (Å²) in [6.07, 6.45) is 5.02. The van der Waals surface area contributed by atoms with Crippen LogP contribution in [0.5, 0.6) is 0 Å². The second-order valence-electron chi connectivity index (χ2n) is 4.02. The van der Waals surface area contributed by atoms with Crippen LogP contribution in [0.3, 0.4) is 0 Å². The van der Waals surface area contributed by atoms with Crippen LogP contribution in [0.1, 0.15) is 31.7 Å². The Balaban J connectivity index is 2.13. The third kappa shape index (κ3) is 6.71. The van der Waals surface area contributed by atoms with Crippen molar-refractivity contribution in [3.05, 3.63) is 28.5 Å². The molecule has 1 aromatic rings. The summed E-state index contributed by atoms with van der Waals surface area (Å²) in [7, 11) is 0. The molecule has 0 aliphatic carbocycles. The minimum atomic E-state index is -0.0839. The van der Waals surface area contributed by atoms with Crippen molar-refractivity contribution in [2.45, 2.75) is 32.7 Å². The molecule has 100 valence electrons. The van der Waals surface area contributed by atoms with Gasteiger partial charge in [-0.1, -0.05) is 19.8 Å². The lowest BCUT2D eigenvalue weighted by atomic mass is 10.3. The van der Waals surface area contributed by atoms with Gasteiger partial charge in [0, 0.05) is 19.3 Å². The van der Waals surface area contributed by atoms with E-state index in [1.54, 1.807) is 6.20 Å². The number of hydrogen-bond acceptors (Lipinski definition) is 3. The van der Waals surface area contributed by atoms with Gasteiger partial charge in [-0.05, 0) is 40.0 Å². The van der Waals surface area contributed by atoms with Crippen LogP contribution < -0.4 is 5.32 Å². The van der Waals surface area contributed by atoms with E-state index in [0.29, 0.717) is 13.2 Å². The first-order valence-electron chi connectivity index (χ1n) is 6.17. The van der Waals surface area contributed by atoms with Crippen LogP contribution in [0.25, 0.3) is 0 Å². The van der Waals surface area contributed by atoms with Crippen molar-refractivity contribution >= 4 is 21.8 Å². The van der Waals surface area contributed by atoms with Crippen molar-refractivity contribution in [3.8, 4) is 0 Å². The summed E-state index contributed by atoms with van der Waals surface area (Å²) < 4.78 is 6.04. The third-order valence-electron chi connectivity index (χ3n) is 2.41. The number of ether oxygens (including phenoxy) is 1. The summed E-state index contributed by atoms with van der Waals surface area (Å²) in [5.74, 6) is -0.0839. The molecule has 1 N–H and O–H groups in total. The Kier molecular flexibility index (Phi) is 7.60. The van der Waals surface area contributed by atoms with Crippen molar-refractivity contribution in [2.75, 3.05) is 13.2 Å². The van der Waals surface area contributed by atoms with Crippen molar-refractivity contribution in [3.63, 3.8) is 0 Å². The molecule has 1 rings (SSSR count). The summed E-state index contributed by atoms with van der Waals surface area (Å²) in [5.41, 5.74) is 1.01. The average molecular weight is 315 g/mol. The van der Waals surface area contributed by atoms with Crippen LogP contribution in [0.2, 0.25) is 0 Å². The highest BCUT2D eigenvalue weighted by atomic mass is 79.9. The lowest BCUT2D eigenvalue weighted by Gasteiger charge is -2.06. The van der Waals surface area contributed by atoms with Gasteiger partial charge in [-0.2, -0.15) is 0 Å². The first-order chi connectivity index (χ1) is 8.72. The molecule has 0 atom stereocenters. The van der Waals surface area contributed by atoms with E-state index in [1.165, 1.54) is 0 Å². The molecule has 0 fully saturated rings. The standard InChI is InChI=1S/C13H19BrN2O2/c1-2-3-4-7-18-10-13(17)16-9-11-5-6-15-12(14)8-11/h5-6,8H,2-4,7,9-10H2,1H3,(H,16,17). The minimum absolute atomic E-state index is 0.0839. The molecule has 0 aliphatic heterocycles. The SMILES string of the molecule is CCCCCOCC(=O)NCc1ccnc(Br)c1. The van der Waals surface area contributed by atoms with E-state index in [1.807, 2.05) is 12.1 Å². The lowest BCUT2D eigenvalue weighted by molar-refractivity contribution is -0.125. The highest BCUT2D eigenvalue weighted by Crippen LogP contribution is 2.07. The monoisotopic (exact) mass is 314 g/mol. The fourth-order valence-corrected chi connectivity index (χ4v) is 1.84. The number of carbonyl (C=O) groups excluding carboxylic acids is 1. The Morgan fingerprint density at radius 3 is 3.06 bits per heavy atom. The fourth-order valence-electron chi connectivity index (χ4n) is 1.42. The maximum absolute atomic E-state index is 11.5. The van der Waals surface area contributed by atoms with E-state index in [2.05, 4.69) is 33.2 Å². The first-order valence-corrected chi connectivity index (χ1v) is 6.96. The predicted octanol–water partition coefficient (Wildman–Crippen LogP) is 2.67. The molecule has 0 bridgehead atoms. The van der Waals surface area contributed by atoms with Crippen LogP contribution in [-0.2, 0) is 16.1 Å². The molecular weight excluding hydrogens is 296 g/mol. The summed E-state index contributed by atoms with van der Waals surface area (Å²) >= 11 is 3.29. The zero-order chi connectivity index (χ0) is 13.2. The van der Waals surface area contributed by atoms with Crippen LogP contribution in [0, 0.1) is 0 Å². The largest absolute Gasteiger partial charge is 0.372 e. The number of rotatable bonds is 8. The van der Waals surface area contributed by atoms with Crippen molar-refractivity contribution in [1.29, 1.82) is 0 Å². The second-order valence-corrected chi connectivity index (χ2v) is 4.84. The fraction of sp³-hybridized carbons (Fsp3) is 0.538. The molecule has 1 aromatic heterocycles. The minimum Gasteiger partial charge on any atom is -0.372 e. The zero-order valence-corrected chi connectivity index (χ0v) is 12.2. The van der Waals surface area contributed by atoms with E-state index < -0.39 is 0 Å². The summed E-state index contributed by atoms with van der Waals surface area (Å²) in [6.45, 7) is 3.43. The number of hydrogen-bond donors (Lipinski definition) is 1. The number of halogens is 1. The molecule has 1 heterocycles. The normalized spacial score (nSPS) is 10.3. The molecule has 0 aliphatic rings. The van der Waals surface area contributed by atoms with Gasteiger partial charge in [0.15, 0.2) is 0 Å². The first kappa shape index (κ1) is 15.1. The molecule has 18 heavy (non-hydrogen) atoms. The Hall–Kier alpha value is -0.940. The Bertz CT molecular complexity index is 372. The quantitative estimate of drug-likeness (QED) is 0.593. The smallest absolute Gasteiger partial charge is 0.246 e. The number of aromatic nitrogens is 1. The molecule has 0 saturated carbocycles. The van der Waals surface area contributed by atoms with Gasteiger partial charge in [0.05, 0.1) is 0 Å². The summed E-state index contributed by atoms with van der Waals surface area (Å²) in [4.78, 5) is 15.5. The maximum Gasteiger partial charge on any atom is 0.246 e. The molecule has 1 amide bonds. The van der Waals surface area contributed by atoms with Crippen LogP contribution in [0.4, 0.5) is 0 Å². The van der Waals surface area contributed by atoms with Gasteiger partial charge in [0.1, 0.15) is 11.2 Å². The molecule has 0 radical (unpaired) electrons. The Morgan fingerprint density at radius 1 is 1.50 bits per heavy atom. The average Bonchev–Trinajstić information content (AvgIpc) is 2.36. The van der Waals surface area contributed by atoms with Crippen LogP contribution >= 0.6 is 15.9 Å². The van der Waals surface area contributed by atoms with Gasteiger partial charge >= 0.3 is 0 Å². The number of amides is 1. The van der Waals surface area contributed by atoms with Gasteiger partial charge in [-0.3, -0.25) is 4.79 Å². The number of nitrogens with zero attached hydrogens (tertiary/aromatic N) is 1. The van der Waals surface area contributed by atoms with E-state index in [4.69, 9.17) is 4.74 Å². The van der Waals surface area contributed by atoms with Crippen LogP contribution in [-0.4, -0.2) is 24.1 Å². The van der Waals surface area contributed by atoms with E-state index >= 15 is 0 Å². The maximum atomic E-state index is 11.5. The predicted molar refractivity (Wildman–Crippen MR) is 74.1 cm³/mol. The third-order valence-corrected chi connectivity index (χ3v) is 2.84. The molecule has 0 saturated heterocycles. The Morgan fingerprint density at radius 2 is 2.33 bits per heavy atom. The molecule has 5 heteroatoms. The molecule has 0 unspecified atom stereocenters. The molecular formula is C13H19BrN2O2. The lowest BCUT2D eigenvalue weighted by Crippen LogP contribution is -2.27. The van der Waals surface area contributed by atoms with Crippen LogP contribution in [0.15, 0.2) is 22.9 Å². The molecule has 0 aromatic carbocycles. The van der Waals surface area contributed by atoms with Crippen molar-refractivity contribution < 1.29 is 9.53 Å². The van der Waals surface area contributed by atoms with Gasteiger partial charge in [-0.15, -0.1) is 0 Å². The van der Waals surface area contributed by atoms with E-state index in [9.17, 15) is 4.79 Å². The van der Waals surface area contributed by atoms with E-state index in [0.717, 1.165) is 29.4 Å². The molecule has 0 spiro atoms. The zero-order valence-electron chi connectivity index (χ0n) is 10.6.